The van der Waals surface area contributed by atoms with Crippen molar-refractivity contribution in [1.29, 1.82) is 0 Å². The number of rotatable bonds is 4. The second-order valence-electron chi connectivity index (χ2n) is 7.11. The van der Waals surface area contributed by atoms with Gasteiger partial charge in [-0.1, -0.05) is 24.3 Å². The largest absolute Gasteiger partial charge is 0.479 e. The fraction of sp³-hybridized carbons (Fsp3) is 0.261. The Morgan fingerprint density at radius 3 is 2.69 bits per heavy atom. The van der Waals surface area contributed by atoms with Gasteiger partial charge in [0.25, 0.3) is 0 Å². The predicted octanol–water partition coefficient (Wildman–Crippen LogP) is 5.35. The van der Waals surface area contributed by atoms with Crippen LogP contribution in [0.1, 0.15) is 26.7 Å². The highest BCUT2D eigenvalue weighted by Gasteiger charge is 2.16. The van der Waals surface area contributed by atoms with Crippen molar-refractivity contribution in [3.8, 4) is 11.1 Å². The average Bonchev–Trinajstić information content (AvgIpc) is 2.71. The van der Waals surface area contributed by atoms with E-state index in [-0.39, 0.29) is 11.9 Å². The molecule has 2 aromatic carbocycles. The molecule has 0 saturated carbocycles. The Bertz CT molecular complexity index is 1080. The SMILES string of the molecule is CC1=CCCCOC(C(C)Nc2ncnc3ccc(-c4ccc(F)cc4)cc23)=N1. The Labute approximate surface area is 169 Å². The lowest BCUT2D eigenvalue weighted by Crippen LogP contribution is -2.29. The molecule has 1 aliphatic heterocycles. The average molecular weight is 390 g/mol. The number of hydrogen-bond donors (Lipinski definition) is 1. The standard InChI is InChI=1S/C23H23FN4O/c1-15-5-3-4-12-29-23(27-15)16(2)28-22-20-13-18(8-11-21(20)25-14-26-22)17-6-9-19(24)10-7-17/h5-11,13-14,16H,3-4,12H2,1-2H3,(H,25,26,28). The van der Waals surface area contributed by atoms with Crippen molar-refractivity contribution in [3.63, 3.8) is 0 Å². The van der Waals surface area contributed by atoms with Crippen molar-refractivity contribution in [2.75, 3.05) is 11.9 Å². The van der Waals surface area contributed by atoms with Gasteiger partial charge < -0.3 is 10.1 Å². The van der Waals surface area contributed by atoms with E-state index in [0.717, 1.165) is 40.6 Å². The minimum atomic E-state index is -0.252. The molecule has 29 heavy (non-hydrogen) atoms. The summed E-state index contributed by atoms with van der Waals surface area (Å²) in [6.45, 7) is 4.63. The number of anilines is 1. The number of aliphatic imine (C=N–C) groups is 1. The minimum absolute atomic E-state index is 0.149. The first-order chi connectivity index (χ1) is 14.1. The molecule has 1 unspecified atom stereocenters. The van der Waals surface area contributed by atoms with E-state index in [9.17, 15) is 4.39 Å². The summed E-state index contributed by atoms with van der Waals surface area (Å²) in [6, 6.07) is 12.2. The van der Waals surface area contributed by atoms with Crippen LogP contribution in [0.25, 0.3) is 22.0 Å². The first kappa shape index (κ1) is 19.1. The van der Waals surface area contributed by atoms with E-state index in [1.807, 2.05) is 32.0 Å². The van der Waals surface area contributed by atoms with Crippen LogP contribution in [0, 0.1) is 5.82 Å². The third kappa shape index (κ3) is 4.42. The molecular weight excluding hydrogens is 367 g/mol. The zero-order valence-electron chi connectivity index (χ0n) is 16.5. The number of allylic oxidation sites excluding steroid dienone is 2. The zero-order valence-corrected chi connectivity index (χ0v) is 16.5. The van der Waals surface area contributed by atoms with Crippen molar-refractivity contribution in [2.24, 2.45) is 4.99 Å². The highest BCUT2D eigenvalue weighted by molar-refractivity contribution is 5.94. The molecule has 0 spiro atoms. The molecule has 1 aliphatic rings. The number of ether oxygens (including phenoxy) is 1. The molecule has 1 N–H and O–H groups in total. The molecule has 0 amide bonds. The Hall–Kier alpha value is -3.28. The second-order valence-corrected chi connectivity index (χ2v) is 7.11. The van der Waals surface area contributed by atoms with E-state index in [1.165, 1.54) is 12.1 Å². The van der Waals surface area contributed by atoms with Gasteiger partial charge in [-0.05, 0) is 62.1 Å². The first-order valence-electron chi connectivity index (χ1n) is 9.75. The summed E-state index contributed by atoms with van der Waals surface area (Å²) in [4.78, 5) is 13.4. The van der Waals surface area contributed by atoms with Crippen molar-refractivity contribution >= 4 is 22.6 Å². The van der Waals surface area contributed by atoms with Crippen molar-refractivity contribution < 1.29 is 9.13 Å². The van der Waals surface area contributed by atoms with Gasteiger partial charge in [-0.15, -0.1) is 0 Å². The molecule has 6 heteroatoms. The van der Waals surface area contributed by atoms with E-state index in [0.29, 0.717) is 18.3 Å². The molecular formula is C23H23FN4O. The third-order valence-electron chi connectivity index (χ3n) is 4.86. The van der Waals surface area contributed by atoms with Crippen molar-refractivity contribution in [1.82, 2.24) is 9.97 Å². The van der Waals surface area contributed by atoms with Crippen molar-refractivity contribution in [3.05, 3.63) is 66.4 Å². The summed E-state index contributed by atoms with van der Waals surface area (Å²) in [7, 11) is 0. The van der Waals surface area contributed by atoms with E-state index in [4.69, 9.17) is 4.74 Å². The van der Waals surface area contributed by atoms with Gasteiger partial charge in [0.05, 0.1) is 12.1 Å². The molecule has 4 rings (SSSR count). The van der Waals surface area contributed by atoms with E-state index in [2.05, 4.69) is 26.4 Å². The molecule has 0 saturated heterocycles. The lowest BCUT2D eigenvalue weighted by Gasteiger charge is -2.20. The fourth-order valence-electron chi connectivity index (χ4n) is 3.30. The molecule has 1 aromatic heterocycles. The Morgan fingerprint density at radius 1 is 1.07 bits per heavy atom. The minimum Gasteiger partial charge on any atom is -0.479 e. The maximum atomic E-state index is 13.3. The van der Waals surface area contributed by atoms with Gasteiger partial charge in [-0.2, -0.15) is 0 Å². The molecule has 0 fully saturated rings. The number of aromatic nitrogens is 2. The van der Waals surface area contributed by atoms with Gasteiger partial charge in [0.15, 0.2) is 0 Å². The molecule has 0 bridgehead atoms. The summed E-state index contributed by atoms with van der Waals surface area (Å²) in [5, 5.41) is 4.31. The summed E-state index contributed by atoms with van der Waals surface area (Å²) in [6.07, 6.45) is 5.62. The third-order valence-corrected chi connectivity index (χ3v) is 4.86. The summed E-state index contributed by atoms with van der Waals surface area (Å²) < 4.78 is 19.1. The highest BCUT2D eigenvalue weighted by atomic mass is 19.1. The molecule has 0 aliphatic carbocycles. The number of nitrogens with zero attached hydrogens (tertiary/aromatic N) is 3. The molecule has 2 heterocycles. The van der Waals surface area contributed by atoms with Crippen LogP contribution >= 0.6 is 0 Å². The monoisotopic (exact) mass is 390 g/mol. The van der Waals surface area contributed by atoms with Crippen LogP contribution in [0.5, 0.6) is 0 Å². The van der Waals surface area contributed by atoms with Crippen LogP contribution in [-0.2, 0) is 4.74 Å². The van der Waals surface area contributed by atoms with Crippen LogP contribution in [0.15, 0.2) is 65.6 Å². The summed E-state index contributed by atoms with van der Waals surface area (Å²) in [5.41, 5.74) is 3.70. The molecule has 3 aromatic rings. The summed E-state index contributed by atoms with van der Waals surface area (Å²) >= 11 is 0. The quantitative estimate of drug-likeness (QED) is 0.652. The maximum absolute atomic E-state index is 13.3. The zero-order chi connectivity index (χ0) is 20.2. The Kier molecular flexibility index (Phi) is 5.51. The number of hydrogen-bond acceptors (Lipinski definition) is 5. The van der Waals surface area contributed by atoms with Gasteiger partial charge in [0, 0.05) is 11.1 Å². The van der Waals surface area contributed by atoms with Crippen LogP contribution in [-0.4, -0.2) is 28.5 Å². The molecule has 148 valence electrons. The van der Waals surface area contributed by atoms with Crippen LogP contribution < -0.4 is 5.32 Å². The van der Waals surface area contributed by atoms with Crippen LogP contribution in [0.2, 0.25) is 0 Å². The number of fused-ring (bicyclic) bond motifs is 1. The molecule has 5 nitrogen and oxygen atoms in total. The molecule has 1 atom stereocenters. The number of nitrogens with one attached hydrogen (secondary N) is 1. The lowest BCUT2D eigenvalue weighted by atomic mass is 10.0. The van der Waals surface area contributed by atoms with Crippen LogP contribution in [0.3, 0.4) is 0 Å². The van der Waals surface area contributed by atoms with Gasteiger partial charge in [-0.25, -0.2) is 19.4 Å². The van der Waals surface area contributed by atoms with Gasteiger partial charge in [0.1, 0.15) is 24.0 Å². The van der Waals surface area contributed by atoms with E-state index >= 15 is 0 Å². The van der Waals surface area contributed by atoms with E-state index in [1.54, 1.807) is 18.5 Å². The Balaban J connectivity index is 1.67. The number of benzene rings is 2. The smallest absolute Gasteiger partial charge is 0.211 e. The lowest BCUT2D eigenvalue weighted by molar-refractivity contribution is 0.286. The second kappa shape index (κ2) is 8.39. The van der Waals surface area contributed by atoms with Gasteiger partial charge >= 0.3 is 0 Å². The summed E-state index contributed by atoms with van der Waals surface area (Å²) in [5.74, 6) is 1.11. The normalized spacial score (nSPS) is 15.6. The topological polar surface area (TPSA) is 59.4 Å². The molecule has 0 radical (unpaired) electrons. The Morgan fingerprint density at radius 2 is 1.86 bits per heavy atom. The highest BCUT2D eigenvalue weighted by Crippen LogP contribution is 2.27. The van der Waals surface area contributed by atoms with Gasteiger partial charge in [0.2, 0.25) is 5.90 Å². The van der Waals surface area contributed by atoms with Crippen LogP contribution in [0.4, 0.5) is 10.2 Å². The fourth-order valence-corrected chi connectivity index (χ4v) is 3.30. The van der Waals surface area contributed by atoms with Gasteiger partial charge in [-0.3, -0.25) is 0 Å². The van der Waals surface area contributed by atoms with E-state index < -0.39 is 0 Å². The predicted molar refractivity (Wildman–Crippen MR) is 114 cm³/mol. The number of halogens is 1. The first-order valence-corrected chi connectivity index (χ1v) is 9.75. The maximum Gasteiger partial charge on any atom is 0.211 e. The van der Waals surface area contributed by atoms with Crippen molar-refractivity contribution in [2.45, 2.75) is 32.7 Å².